The van der Waals surface area contributed by atoms with Gasteiger partial charge in [0.15, 0.2) is 0 Å². The lowest BCUT2D eigenvalue weighted by atomic mass is 10.1. The summed E-state index contributed by atoms with van der Waals surface area (Å²) in [4.78, 5) is 12.3. The van der Waals surface area contributed by atoms with Gasteiger partial charge in [0.05, 0.1) is 17.9 Å². The quantitative estimate of drug-likeness (QED) is 0.809. The van der Waals surface area contributed by atoms with E-state index >= 15 is 0 Å². The van der Waals surface area contributed by atoms with E-state index in [4.69, 9.17) is 4.74 Å². The average Bonchev–Trinajstić information content (AvgIpc) is 2.89. The predicted octanol–water partition coefficient (Wildman–Crippen LogP) is 2.70. The van der Waals surface area contributed by atoms with E-state index in [1.807, 2.05) is 52.0 Å². The van der Waals surface area contributed by atoms with Crippen molar-refractivity contribution in [3.8, 4) is 5.75 Å². The Morgan fingerprint density at radius 1 is 1.28 bits per heavy atom. The van der Waals surface area contributed by atoms with Crippen LogP contribution < -0.4 is 10.1 Å². The first-order chi connectivity index (χ1) is 11.8. The largest absolute Gasteiger partial charge is 0.491 e. The topological polar surface area (TPSA) is 76.4 Å². The Morgan fingerprint density at radius 3 is 2.60 bits per heavy atom. The first kappa shape index (κ1) is 19.0. The summed E-state index contributed by atoms with van der Waals surface area (Å²) in [5.41, 5.74) is 2.51. The fourth-order valence-electron chi connectivity index (χ4n) is 2.68. The summed E-state index contributed by atoms with van der Waals surface area (Å²) in [6, 6.07) is 8.78. The molecule has 136 valence electrons. The monoisotopic (exact) mass is 345 g/mol. The number of nitrogens with zero attached hydrogens (tertiary/aromatic N) is 2. The van der Waals surface area contributed by atoms with Crippen LogP contribution >= 0.6 is 0 Å². The Kier molecular flexibility index (Phi) is 6.20. The van der Waals surface area contributed by atoms with E-state index in [2.05, 4.69) is 10.4 Å². The Bertz CT molecular complexity index is 724. The van der Waals surface area contributed by atoms with E-state index in [0.717, 1.165) is 11.4 Å². The zero-order valence-electron chi connectivity index (χ0n) is 15.5. The fourth-order valence-corrected chi connectivity index (χ4v) is 2.68. The second kappa shape index (κ2) is 8.16. The maximum absolute atomic E-state index is 12.3. The van der Waals surface area contributed by atoms with Gasteiger partial charge in [-0.05, 0) is 58.4 Å². The van der Waals surface area contributed by atoms with Gasteiger partial charge in [-0.3, -0.25) is 9.48 Å². The van der Waals surface area contributed by atoms with Crippen molar-refractivity contribution in [2.24, 2.45) is 0 Å². The number of hydrogen-bond donors (Lipinski definition) is 2. The number of nitrogens with one attached hydrogen (secondary N) is 1. The lowest BCUT2D eigenvalue weighted by molar-refractivity contribution is -0.124. The van der Waals surface area contributed by atoms with E-state index in [1.54, 1.807) is 17.7 Å². The van der Waals surface area contributed by atoms with Crippen LogP contribution in [0.15, 0.2) is 30.3 Å². The summed E-state index contributed by atoms with van der Waals surface area (Å²) < 4.78 is 7.32. The molecule has 1 amide bonds. The number of aliphatic hydroxyl groups excluding tert-OH is 1. The number of benzene rings is 1. The molecule has 0 unspecified atom stereocenters. The fraction of sp³-hybridized carbons (Fsp3) is 0.474. The normalized spacial score (nSPS) is 13.6. The zero-order chi connectivity index (χ0) is 18.6. The molecule has 2 atom stereocenters. The first-order valence-corrected chi connectivity index (χ1v) is 8.53. The van der Waals surface area contributed by atoms with Gasteiger partial charge >= 0.3 is 0 Å². The van der Waals surface area contributed by atoms with Gasteiger partial charge in [0.25, 0.3) is 0 Å². The molecule has 6 heteroatoms. The average molecular weight is 345 g/mol. The number of aromatic nitrogens is 2. The smallest absolute Gasteiger partial charge is 0.244 e. The van der Waals surface area contributed by atoms with Crippen LogP contribution in [0.1, 0.15) is 49.9 Å². The first-order valence-electron chi connectivity index (χ1n) is 8.53. The van der Waals surface area contributed by atoms with Gasteiger partial charge in [0, 0.05) is 12.2 Å². The van der Waals surface area contributed by atoms with Crippen LogP contribution in [0, 0.1) is 13.8 Å². The number of rotatable bonds is 7. The lowest BCUT2D eigenvalue weighted by Crippen LogP contribution is -2.34. The van der Waals surface area contributed by atoms with Crippen molar-refractivity contribution >= 4 is 5.91 Å². The van der Waals surface area contributed by atoms with Gasteiger partial charge in [0.1, 0.15) is 11.8 Å². The highest BCUT2D eigenvalue weighted by Crippen LogP contribution is 2.20. The minimum absolute atomic E-state index is 0.0636. The number of carbonyl (C=O) groups excluding carboxylic acids is 1. The van der Waals surface area contributed by atoms with Crippen LogP contribution in [0.3, 0.4) is 0 Å². The summed E-state index contributed by atoms with van der Waals surface area (Å²) in [6.07, 6.45) is -0.735. The van der Waals surface area contributed by atoms with E-state index in [-0.39, 0.29) is 18.6 Å². The molecule has 0 spiro atoms. The third-order valence-corrected chi connectivity index (χ3v) is 3.88. The molecule has 25 heavy (non-hydrogen) atoms. The molecule has 0 saturated carbocycles. The second-order valence-corrected chi connectivity index (χ2v) is 6.55. The summed E-state index contributed by atoms with van der Waals surface area (Å²) in [6.45, 7) is 9.63. The minimum atomic E-state index is -0.799. The molecule has 0 saturated heterocycles. The standard InChI is InChI=1S/C19H27N3O3/c1-12(2)25-17-8-6-7-16(10-17)18(23)11-20-19(24)15(5)22-14(4)9-13(3)21-22/h6-10,12,15,18,23H,11H2,1-5H3,(H,20,24)/t15-,18-/m1/s1. The molecule has 0 aliphatic rings. The predicted molar refractivity (Wildman–Crippen MR) is 96.6 cm³/mol. The van der Waals surface area contributed by atoms with Crippen LogP contribution in [0.5, 0.6) is 5.75 Å². The molecule has 0 radical (unpaired) electrons. The van der Waals surface area contributed by atoms with Gasteiger partial charge in [-0.25, -0.2) is 0 Å². The number of amides is 1. The SMILES string of the molecule is Cc1cc(C)n([C@H](C)C(=O)NC[C@@H](O)c2cccc(OC(C)C)c2)n1. The zero-order valence-corrected chi connectivity index (χ0v) is 15.5. The van der Waals surface area contributed by atoms with E-state index < -0.39 is 12.1 Å². The molecule has 2 aromatic rings. The molecule has 0 bridgehead atoms. The van der Waals surface area contributed by atoms with Gasteiger partial charge < -0.3 is 15.2 Å². The van der Waals surface area contributed by atoms with Crippen molar-refractivity contribution in [2.45, 2.75) is 52.9 Å². The van der Waals surface area contributed by atoms with Crippen LogP contribution in [-0.4, -0.2) is 33.4 Å². The minimum Gasteiger partial charge on any atom is -0.491 e. The highest BCUT2D eigenvalue weighted by atomic mass is 16.5. The van der Waals surface area contributed by atoms with Crippen molar-refractivity contribution in [1.29, 1.82) is 0 Å². The molecule has 2 N–H and O–H groups in total. The van der Waals surface area contributed by atoms with Gasteiger partial charge in [-0.2, -0.15) is 5.10 Å². The van der Waals surface area contributed by atoms with Gasteiger partial charge in [-0.15, -0.1) is 0 Å². The molecule has 6 nitrogen and oxygen atoms in total. The second-order valence-electron chi connectivity index (χ2n) is 6.55. The lowest BCUT2D eigenvalue weighted by Gasteiger charge is -2.18. The molecule has 1 heterocycles. The van der Waals surface area contributed by atoms with Crippen LogP contribution in [-0.2, 0) is 4.79 Å². The number of aliphatic hydroxyl groups is 1. The van der Waals surface area contributed by atoms with Crippen LogP contribution in [0.25, 0.3) is 0 Å². The van der Waals surface area contributed by atoms with Crippen LogP contribution in [0.2, 0.25) is 0 Å². The molecule has 0 aliphatic heterocycles. The summed E-state index contributed by atoms with van der Waals surface area (Å²) >= 11 is 0. The summed E-state index contributed by atoms with van der Waals surface area (Å²) in [7, 11) is 0. The maximum Gasteiger partial charge on any atom is 0.244 e. The third-order valence-electron chi connectivity index (χ3n) is 3.88. The highest BCUT2D eigenvalue weighted by Gasteiger charge is 2.19. The van der Waals surface area contributed by atoms with Crippen molar-refractivity contribution in [2.75, 3.05) is 6.54 Å². The Balaban J connectivity index is 1.96. The molecule has 1 aromatic heterocycles. The number of hydrogen-bond acceptors (Lipinski definition) is 4. The Labute approximate surface area is 148 Å². The van der Waals surface area contributed by atoms with E-state index in [9.17, 15) is 9.90 Å². The molecule has 1 aromatic carbocycles. The summed E-state index contributed by atoms with van der Waals surface area (Å²) in [5.74, 6) is 0.522. The van der Waals surface area contributed by atoms with Gasteiger partial charge in [0.2, 0.25) is 5.91 Å². The summed E-state index contributed by atoms with van der Waals surface area (Å²) in [5, 5.41) is 17.5. The Morgan fingerprint density at radius 2 is 2.00 bits per heavy atom. The van der Waals surface area contributed by atoms with Crippen molar-refractivity contribution in [3.63, 3.8) is 0 Å². The highest BCUT2D eigenvalue weighted by molar-refractivity contribution is 5.79. The molecule has 0 fully saturated rings. The van der Waals surface area contributed by atoms with Crippen LogP contribution in [0.4, 0.5) is 0 Å². The van der Waals surface area contributed by atoms with Crippen molar-refractivity contribution in [3.05, 3.63) is 47.3 Å². The van der Waals surface area contributed by atoms with E-state index in [1.165, 1.54) is 0 Å². The molecular formula is C19H27N3O3. The number of aryl methyl sites for hydroxylation is 2. The third kappa shape index (κ3) is 5.06. The van der Waals surface area contributed by atoms with Gasteiger partial charge in [-0.1, -0.05) is 12.1 Å². The Hall–Kier alpha value is -2.34. The number of carbonyl (C=O) groups is 1. The van der Waals surface area contributed by atoms with E-state index in [0.29, 0.717) is 11.3 Å². The molecular weight excluding hydrogens is 318 g/mol. The van der Waals surface area contributed by atoms with Crippen molar-refractivity contribution < 1.29 is 14.6 Å². The molecule has 2 rings (SSSR count). The molecule has 0 aliphatic carbocycles. The number of ether oxygens (including phenoxy) is 1. The van der Waals surface area contributed by atoms with Crippen molar-refractivity contribution in [1.82, 2.24) is 15.1 Å². The maximum atomic E-state index is 12.3.